The zero-order valence-corrected chi connectivity index (χ0v) is 25.0. The molecule has 1 fully saturated rings. The standard InChI is InChI=1S/C30H39N5O8/c1-17(31-25(36)12-13-26(37)43-5)27(38)33-19(3)30(41)35-14-8-11-23(35)29(40)32-18(2)28(39)34-21-15-20-9-6-7-10-22(20)24(16-21)42-4/h6-7,9-10,15-19,23H,8,11-14H2,1-5H3,(H,31,36)(H,32,40)(H,33,38)(H,34,39)/t17-,18-,19-,23-/m0/s1. The van der Waals surface area contributed by atoms with Gasteiger partial charge in [-0.1, -0.05) is 24.3 Å². The Labute approximate surface area is 250 Å². The molecule has 0 radical (unpaired) electrons. The first-order valence-corrected chi connectivity index (χ1v) is 14.1. The smallest absolute Gasteiger partial charge is 0.306 e. The van der Waals surface area contributed by atoms with Crippen LogP contribution in [-0.2, 0) is 33.5 Å². The molecular weight excluding hydrogens is 558 g/mol. The predicted octanol–water partition coefficient (Wildman–Crippen LogP) is 1.25. The maximum absolute atomic E-state index is 13.2. The fraction of sp³-hybridized carbons (Fsp3) is 0.467. The number of carbonyl (C=O) groups is 6. The molecular formula is C30H39N5O8. The average Bonchev–Trinajstić information content (AvgIpc) is 3.49. The highest BCUT2D eigenvalue weighted by Gasteiger charge is 2.37. The molecule has 5 amide bonds. The Morgan fingerprint density at radius 2 is 1.58 bits per heavy atom. The lowest BCUT2D eigenvalue weighted by atomic mass is 10.1. The van der Waals surface area contributed by atoms with Crippen molar-refractivity contribution in [1.82, 2.24) is 20.9 Å². The minimum Gasteiger partial charge on any atom is -0.496 e. The molecule has 13 heteroatoms. The van der Waals surface area contributed by atoms with Crippen LogP contribution < -0.4 is 26.0 Å². The number of nitrogens with zero attached hydrogens (tertiary/aromatic N) is 1. The maximum Gasteiger partial charge on any atom is 0.306 e. The number of hydrogen-bond donors (Lipinski definition) is 4. The third kappa shape index (κ3) is 8.66. The highest BCUT2D eigenvalue weighted by molar-refractivity contribution is 6.01. The van der Waals surface area contributed by atoms with Crippen LogP contribution in [0.5, 0.6) is 5.75 Å². The molecule has 1 aliphatic heterocycles. The van der Waals surface area contributed by atoms with Crippen LogP contribution >= 0.6 is 0 Å². The van der Waals surface area contributed by atoms with Gasteiger partial charge in [-0.2, -0.15) is 0 Å². The Balaban J connectivity index is 1.54. The number of esters is 1. The number of amides is 5. The van der Waals surface area contributed by atoms with E-state index in [1.807, 2.05) is 30.3 Å². The van der Waals surface area contributed by atoms with E-state index in [0.29, 0.717) is 30.8 Å². The number of likely N-dealkylation sites (tertiary alicyclic amines) is 1. The summed E-state index contributed by atoms with van der Waals surface area (Å²) < 4.78 is 9.94. The molecule has 0 bridgehead atoms. The first kappa shape index (κ1) is 32.8. The second-order valence-corrected chi connectivity index (χ2v) is 10.4. The van der Waals surface area contributed by atoms with Gasteiger partial charge in [-0.15, -0.1) is 0 Å². The van der Waals surface area contributed by atoms with E-state index in [9.17, 15) is 28.8 Å². The van der Waals surface area contributed by atoms with E-state index < -0.39 is 59.7 Å². The van der Waals surface area contributed by atoms with E-state index in [2.05, 4.69) is 26.0 Å². The molecule has 3 rings (SSSR count). The fourth-order valence-electron chi connectivity index (χ4n) is 4.79. The number of rotatable bonds is 12. The van der Waals surface area contributed by atoms with Gasteiger partial charge in [0.05, 0.1) is 20.6 Å². The number of anilines is 1. The summed E-state index contributed by atoms with van der Waals surface area (Å²) in [5.74, 6) is -2.43. The lowest BCUT2D eigenvalue weighted by Gasteiger charge is -2.28. The molecule has 4 atom stereocenters. The van der Waals surface area contributed by atoms with Gasteiger partial charge in [-0.05, 0) is 45.1 Å². The lowest BCUT2D eigenvalue weighted by molar-refractivity contribution is -0.142. The molecule has 0 aliphatic carbocycles. The summed E-state index contributed by atoms with van der Waals surface area (Å²) in [7, 11) is 2.76. The van der Waals surface area contributed by atoms with Gasteiger partial charge in [0.15, 0.2) is 0 Å². The molecule has 0 spiro atoms. The molecule has 4 N–H and O–H groups in total. The topological polar surface area (TPSA) is 172 Å². The SMILES string of the molecule is COC(=O)CCC(=O)N[C@@H](C)C(=O)N[C@@H](C)C(=O)N1CCC[C@H]1C(=O)N[C@@H](C)C(=O)Nc1cc(OC)c2ccccc2c1. The van der Waals surface area contributed by atoms with Crippen molar-refractivity contribution in [2.24, 2.45) is 0 Å². The van der Waals surface area contributed by atoms with Crippen molar-refractivity contribution in [3.63, 3.8) is 0 Å². The summed E-state index contributed by atoms with van der Waals surface area (Å²) in [4.78, 5) is 76.4. The summed E-state index contributed by atoms with van der Waals surface area (Å²) in [6, 6.07) is 7.47. The van der Waals surface area contributed by atoms with Crippen LogP contribution in [-0.4, -0.2) is 85.3 Å². The molecule has 232 valence electrons. The van der Waals surface area contributed by atoms with Crippen LogP contribution in [0.15, 0.2) is 36.4 Å². The van der Waals surface area contributed by atoms with E-state index in [0.717, 1.165) is 10.8 Å². The largest absolute Gasteiger partial charge is 0.496 e. The molecule has 0 unspecified atom stereocenters. The number of fused-ring (bicyclic) bond motifs is 1. The van der Waals surface area contributed by atoms with Crippen molar-refractivity contribution in [3.8, 4) is 5.75 Å². The highest BCUT2D eigenvalue weighted by Crippen LogP contribution is 2.29. The number of carbonyl (C=O) groups excluding carboxylic acids is 6. The molecule has 1 heterocycles. The monoisotopic (exact) mass is 597 g/mol. The predicted molar refractivity (Wildman–Crippen MR) is 158 cm³/mol. The van der Waals surface area contributed by atoms with Gasteiger partial charge in [0.1, 0.15) is 29.9 Å². The van der Waals surface area contributed by atoms with Crippen molar-refractivity contribution < 1.29 is 38.2 Å². The number of hydrogen-bond acceptors (Lipinski definition) is 8. The summed E-state index contributed by atoms with van der Waals surface area (Å²) in [5, 5.41) is 12.3. The van der Waals surface area contributed by atoms with Crippen molar-refractivity contribution in [2.75, 3.05) is 26.1 Å². The zero-order valence-electron chi connectivity index (χ0n) is 25.0. The number of benzene rings is 2. The Kier molecular flexibility index (Phi) is 11.4. The molecule has 1 saturated heterocycles. The van der Waals surface area contributed by atoms with E-state index in [1.54, 1.807) is 20.1 Å². The Morgan fingerprint density at radius 1 is 0.884 bits per heavy atom. The normalized spacial score (nSPS) is 16.4. The molecule has 0 saturated carbocycles. The zero-order chi connectivity index (χ0) is 31.7. The number of methoxy groups -OCH3 is 2. The van der Waals surface area contributed by atoms with Crippen molar-refractivity contribution in [1.29, 1.82) is 0 Å². The highest BCUT2D eigenvalue weighted by atomic mass is 16.5. The lowest BCUT2D eigenvalue weighted by Crippen LogP contribution is -2.56. The minimum atomic E-state index is -0.973. The van der Waals surface area contributed by atoms with Gasteiger partial charge in [0.25, 0.3) is 0 Å². The quantitative estimate of drug-likeness (QED) is 0.265. The Bertz CT molecular complexity index is 1380. The van der Waals surface area contributed by atoms with Gasteiger partial charge < -0.3 is 35.6 Å². The molecule has 13 nitrogen and oxygen atoms in total. The summed E-state index contributed by atoms with van der Waals surface area (Å²) in [6.07, 6.45) is 0.717. The Morgan fingerprint density at radius 3 is 2.28 bits per heavy atom. The van der Waals surface area contributed by atoms with Crippen molar-refractivity contribution in [3.05, 3.63) is 36.4 Å². The first-order valence-electron chi connectivity index (χ1n) is 14.1. The van der Waals surface area contributed by atoms with Crippen LogP contribution in [0, 0.1) is 0 Å². The summed E-state index contributed by atoms with van der Waals surface area (Å²) >= 11 is 0. The van der Waals surface area contributed by atoms with E-state index in [4.69, 9.17) is 4.74 Å². The van der Waals surface area contributed by atoms with Gasteiger partial charge in [-0.3, -0.25) is 28.8 Å². The van der Waals surface area contributed by atoms with Gasteiger partial charge in [-0.25, -0.2) is 0 Å². The van der Waals surface area contributed by atoms with Crippen molar-refractivity contribution >= 4 is 52.0 Å². The average molecular weight is 598 g/mol. The molecule has 43 heavy (non-hydrogen) atoms. The number of nitrogens with one attached hydrogen (secondary N) is 4. The third-order valence-electron chi connectivity index (χ3n) is 7.19. The molecule has 2 aromatic rings. The van der Waals surface area contributed by atoms with Gasteiger partial charge >= 0.3 is 5.97 Å². The van der Waals surface area contributed by atoms with E-state index in [1.165, 1.54) is 25.9 Å². The fourth-order valence-corrected chi connectivity index (χ4v) is 4.79. The van der Waals surface area contributed by atoms with Crippen LogP contribution in [0.2, 0.25) is 0 Å². The molecule has 1 aliphatic rings. The van der Waals surface area contributed by atoms with Crippen LogP contribution in [0.3, 0.4) is 0 Å². The van der Waals surface area contributed by atoms with E-state index in [-0.39, 0.29) is 12.8 Å². The minimum absolute atomic E-state index is 0.123. The maximum atomic E-state index is 13.2. The van der Waals surface area contributed by atoms with Crippen LogP contribution in [0.4, 0.5) is 5.69 Å². The second kappa shape index (κ2) is 15.0. The second-order valence-electron chi connectivity index (χ2n) is 10.4. The van der Waals surface area contributed by atoms with Gasteiger partial charge in [0.2, 0.25) is 29.5 Å². The van der Waals surface area contributed by atoms with Crippen LogP contribution in [0.25, 0.3) is 10.8 Å². The summed E-state index contributed by atoms with van der Waals surface area (Å²) in [5.41, 5.74) is 0.512. The molecule has 2 aromatic carbocycles. The molecule has 0 aromatic heterocycles. The van der Waals surface area contributed by atoms with Gasteiger partial charge in [0, 0.05) is 30.1 Å². The van der Waals surface area contributed by atoms with Crippen LogP contribution in [0.1, 0.15) is 46.5 Å². The third-order valence-corrected chi connectivity index (χ3v) is 7.19. The Hall–Kier alpha value is -4.68. The van der Waals surface area contributed by atoms with Crippen molar-refractivity contribution in [2.45, 2.75) is 70.6 Å². The number of ether oxygens (including phenoxy) is 2. The first-order chi connectivity index (χ1) is 20.4. The van der Waals surface area contributed by atoms with E-state index >= 15 is 0 Å². The summed E-state index contributed by atoms with van der Waals surface area (Å²) in [6.45, 7) is 4.81.